The molecule has 0 aliphatic heterocycles. The van der Waals surface area contributed by atoms with E-state index >= 15 is 0 Å². The quantitative estimate of drug-likeness (QED) is 0.798. The van der Waals surface area contributed by atoms with E-state index in [1.807, 2.05) is 42.3 Å². The molecule has 3 aromatic heterocycles. The molecule has 0 saturated carbocycles. The Morgan fingerprint density at radius 3 is 2.62 bits per heavy atom. The van der Waals surface area contributed by atoms with Gasteiger partial charge in [-0.25, -0.2) is 0 Å². The maximum Gasteiger partial charge on any atom is 0.0973 e. The minimum absolute atomic E-state index is 0.706. The molecule has 0 radical (unpaired) electrons. The van der Waals surface area contributed by atoms with E-state index < -0.39 is 0 Å². The topological polar surface area (TPSA) is 55.6 Å². The number of aryl methyl sites for hydroxylation is 2. The van der Waals surface area contributed by atoms with E-state index in [9.17, 15) is 0 Å². The molecule has 3 rings (SSSR count). The average Bonchev–Trinajstić information content (AvgIpc) is 2.88. The van der Waals surface area contributed by atoms with Crippen molar-refractivity contribution in [3.05, 3.63) is 60.3 Å². The molecular formula is C16H17N5. The maximum atomic E-state index is 4.55. The molecule has 106 valence electrons. The van der Waals surface area contributed by atoms with E-state index in [-0.39, 0.29) is 0 Å². The zero-order chi connectivity index (χ0) is 14.7. The van der Waals surface area contributed by atoms with Crippen LogP contribution in [0, 0.1) is 6.92 Å². The van der Waals surface area contributed by atoms with Gasteiger partial charge in [-0.15, -0.1) is 0 Å². The highest BCUT2D eigenvalue weighted by molar-refractivity contribution is 5.62. The first kappa shape index (κ1) is 13.3. The summed E-state index contributed by atoms with van der Waals surface area (Å²) < 4.78 is 1.84. The molecule has 0 unspecified atom stereocenters. The van der Waals surface area contributed by atoms with Gasteiger partial charge in [0, 0.05) is 49.5 Å². The Morgan fingerprint density at radius 2 is 1.86 bits per heavy atom. The molecule has 0 atom stereocenters. The van der Waals surface area contributed by atoms with Crippen molar-refractivity contribution in [2.75, 3.05) is 5.32 Å². The van der Waals surface area contributed by atoms with Crippen LogP contribution in [0.25, 0.3) is 11.3 Å². The smallest absolute Gasteiger partial charge is 0.0973 e. The third kappa shape index (κ3) is 2.91. The molecule has 0 fully saturated rings. The summed E-state index contributed by atoms with van der Waals surface area (Å²) >= 11 is 0. The van der Waals surface area contributed by atoms with Gasteiger partial charge in [-0.1, -0.05) is 0 Å². The Labute approximate surface area is 123 Å². The van der Waals surface area contributed by atoms with E-state index in [0.717, 1.165) is 22.5 Å². The Morgan fingerprint density at radius 1 is 1.10 bits per heavy atom. The van der Waals surface area contributed by atoms with Crippen LogP contribution >= 0.6 is 0 Å². The van der Waals surface area contributed by atoms with Gasteiger partial charge in [-0.05, 0) is 30.7 Å². The summed E-state index contributed by atoms with van der Waals surface area (Å²) in [4.78, 5) is 8.21. The molecule has 3 heterocycles. The van der Waals surface area contributed by atoms with Gasteiger partial charge < -0.3 is 5.32 Å². The lowest BCUT2D eigenvalue weighted by molar-refractivity contribution is 0.770. The Kier molecular flexibility index (Phi) is 3.64. The van der Waals surface area contributed by atoms with Gasteiger partial charge in [0.25, 0.3) is 0 Å². The average molecular weight is 279 g/mol. The van der Waals surface area contributed by atoms with E-state index in [1.165, 1.54) is 5.56 Å². The van der Waals surface area contributed by atoms with Crippen LogP contribution in [0.2, 0.25) is 0 Å². The van der Waals surface area contributed by atoms with E-state index in [4.69, 9.17) is 0 Å². The molecular weight excluding hydrogens is 262 g/mol. The number of pyridine rings is 2. The normalized spacial score (nSPS) is 10.6. The third-order valence-electron chi connectivity index (χ3n) is 3.37. The summed E-state index contributed by atoms with van der Waals surface area (Å²) in [5.41, 5.74) is 5.42. The van der Waals surface area contributed by atoms with Gasteiger partial charge >= 0.3 is 0 Å². The van der Waals surface area contributed by atoms with Gasteiger partial charge in [0.2, 0.25) is 0 Å². The highest BCUT2D eigenvalue weighted by atomic mass is 15.3. The zero-order valence-corrected chi connectivity index (χ0v) is 12.1. The van der Waals surface area contributed by atoms with E-state index in [1.54, 1.807) is 18.6 Å². The summed E-state index contributed by atoms with van der Waals surface area (Å²) in [5, 5.41) is 7.97. The van der Waals surface area contributed by atoms with Gasteiger partial charge in [0.15, 0.2) is 0 Å². The number of rotatable bonds is 4. The fourth-order valence-electron chi connectivity index (χ4n) is 2.26. The second-order valence-electron chi connectivity index (χ2n) is 4.96. The van der Waals surface area contributed by atoms with Crippen molar-refractivity contribution in [2.45, 2.75) is 13.5 Å². The maximum absolute atomic E-state index is 4.55. The number of hydrogen-bond acceptors (Lipinski definition) is 4. The predicted molar refractivity (Wildman–Crippen MR) is 82.7 cm³/mol. The van der Waals surface area contributed by atoms with Crippen LogP contribution in [0.5, 0.6) is 0 Å². The molecule has 5 nitrogen and oxygen atoms in total. The van der Waals surface area contributed by atoms with Crippen LogP contribution in [-0.2, 0) is 13.6 Å². The minimum Gasteiger partial charge on any atom is -0.379 e. The van der Waals surface area contributed by atoms with Crippen molar-refractivity contribution in [1.29, 1.82) is 0 Å². The van der Waals surface area contributed by atoms with Crippen LogP contribution < -0.4 is 5.32 Å². The second-order valence-corrected chi connectivity index (χ2v) is 4.96. The summed E-state index contributed by atoms with van der Waals surface area (Å²) in [6.07, 6.45) is 9.25. The van der Waals surface area contributed by atoms with Gasteiger partial charge in [0.1, 0.15) is 0 Å². The fraction of sp³-hybridized carbons (Fsp3) is 0.188. The molecule has 0 aliphatic carbocycles. The van der Waals surface area contributed by atoms with Crippen molar-refractivity contribution in [1.82, 2.24) is 19.7 Å². The number of hydrogen-bond donors (Lipinski definition) is 1. The summed E-state index contributed by atoms with van der Waals surface area (Å²) in [7, 11) is 1.93. The van der Waals surface area contributed by atoms with Gasteiger partial charge in [-0.2, -0.15) is 5.10 Å². The lowest BCUT2D eigenvalue weighted by atomic mass is 10.1. The lowest BCUT2D eigenvalue weighted by Crippen LogP contribution is -2.02. The molecule has 0 bridgehead atoms. The molecule has 3 aromatic rings. The summed E-state index contributed by atoms with van der Waals surface area (Å²) in [6, 6.07) is 5.94. The first-order valence-electron chi connectivity index (χ1n) is 6.81. The molecule has 1 N–H and O–H groups in total. The van der Waals surface area contributed by atoms with Crippen molar-refractivity contribution in [3.8, 4) is 11.3 Å². The third-order valence-corrected chi connectivity index (χ3v) is 3.37. The first-order valence-corrected chi connectivity index (χ1v) is 6.81. The standard InChI is InChI=1S/C16H17N5/c1-12-3-6-18-10-15(12)19-9-14-11-21(2)20-16(14)13-4-7-17-8-5-13/h3-8,10-11,19H,9H2,1-2H3. The van der Waals surface area contributed by atoms with Crippen LogP contribution in [-0.4, -0.2) is 19.7 Å². The molecule has 0 spiro atoms. The molecule has 0 saturated heterocycles. The number of nitrogens with zero attached hydrogens (tertiary/aromatic N) is 4. The largest absolute Gasteiger partial charge is 0.379 e. The second kappa shape index (κ2) is 5.75. The van der Waals surface area contributed by atoms with Crippen molar-refractivity contribution in [2.24, 2.45) is 7.05 Å². The van der Waals surface area contributed by atoms with Crippen LogP contribution in [0.3, 0.4) is 0 Å². The molecule has 0 aromatic carbocycles. The van der Waals surface area contributed by atoms with Crippen LogP contribution in [0.1, 0.15) is 11.1 Å². The number of aromatic nitrogens is 4. The monoisotopic (exact) mass is 279 g/mol. The molecule has 5 heteroatoms. The first-order chi connectivity index (χ1) is 10.2. The number of anilines is 1. The summed E-state index contributed by atoms with van der Waals surface area (Å²) in [5.74, 6) is 0. The van der Waals surface area contributed by atoms with E-state index in [0.29, 0.717) is 6.54 Å². The van der Waals surface area contributed by atoms with Crippen molar-refractivity contribution >= 4 is 5.69 Å². The Balaban J connectivity index is 1.85. The van der Waals surface area contributed by atoms with Crippen molar-refractivity contribution in [3.63, 3.8) is 0 Å². The van der Waals surface area contributed by atoms with E-state index in [2.05, 4.69) is 27.3 Å². The number of nitrogens with one attached hydrogen (secondary N) is 1. The molecule has 0 aliphatic rings. The zero-order valence-electron chi connectivity index (χ0n) is 12.1. The SMILES string of the molecule is Cc1ccncc1NCc1cn(C)nc1-c1ccncc1. The van der Waals surface area contributed by atoms with Gasteiger partial charge in [0.05, 0.1) is 17.6 Å². The highest BCUT2D eigenvalue weighted by Gasteiger charge is 2.10. The fourth-order valence-corrected chi connectivity index (χ4v) is 2.26. The van der Waals surface area contributed by atoms with Gasteiger partial charge in [-0.3, -0.25) is 14.6 Å². The summed E-state index contributed by atoms with van der Waals surface area (Å²) in [6.45, 7) is 2.77. The highest BCUT2D eigenvalue weighted by Crippen LogP contribution is 2.22. The Hall–Kier alpha value is -2.69. The lowest BCUT2D eigenvalue weighted by Gasteiger charge is -2.08. The van der Waals surface area contributed by atoms with Crippen LogP contribution in [0.4, 0.5) is 5.69 Å². The molecule has 21 heavy (non-hydrogen) atoms. The van der Waals surface area contributed by atoms with Crippen LogP contribution in [0.15, 0.2) is 49.2 Å². The predicted octanol–water partition coefficient (Wildman–Crippen LogP) is 2.80. The minimum atomic E-state index is 0.706. The molecule has 0 amide bonds. The Bertz CT molecular complexity index is 733. The van der Waals surface area contributed by atoms with Crippen molar-refractivity contribution < 1.29 is 0 Å².